The molecular weight excluding hydrogens is 344 g/mol. The maximum absolute atomic E-state index is 10.8. The lowest BCUT2D eigenvalue weighted by Crippen LogP contribution is -2.06. The molecule has 0 heterocycles. The highest BCUT2D eigenvalue weighted by atomic mass is 79.9. The van der Waals surface area contributed by atoms with E-state index in [0.29, 0.717) is 8.96 Å². The molecule has 0 aliphatic heterocycles. The smallest absolute Gasteiger partial charge is 0.330 e. The van der Waals surface area contributed by atoms with Crippen molar-refractivity contribution < 1.29 is 19.1 Å². The first-order valence-corrected chi connectivity index (χ1v) is 5.71. The number of halogens is 2. The molecule has 16 heavy (non-hydrogen) atoms. The molecule has 0 N–H and O–H groups in total. The van der Waals surface area contributed by atoms with E-state index in [-0.39, 0.29) is 13.2 Å². The average Bonchev–Trinajstić information content (AvgIpc) is 2.31. The van der Waals surface area contributed by atoms with Gasteiger partial charge in [0.25, 0.3) is 0 Å². The fourth-order valence-electron chi connectivity index (χ4n) is 0.543. The molecule has 0 rings (SSSR count). The molecule has 0 saturated carbocycles. The van der Waals surface area contributed by atoms with Crippen LogP contribution in [0.4, 0.5) is 0 Å². The summed E-state index contributed by atoms with van der Waals surface area (Å²) in [6.45, 7) is 6.59. The Hall–Kier alpha value is -0.880. The van der Waals surface area contributed by atoms with Crippen molar-refractivity contribution in [3.8, 4) is 0 Å². The monoisotopic (exact) mass is 352 g/mol. The third kappa shape index (κ3) is 6.58. The Labute approximate surface area is 110 Å². The Morgan fingerprint density at radius 3 is 1.50 bits per heavy atom. The van der Waals surface area contributed by atoms with Gasteiger partial charge in [0.2, 0.25) is 0 Å². The van der Waals surface area contributed by atoms with Crippen molar-refractivity contribution in [2.45, 2.75) is 0 Å². The van der Waals surface area contributed by atoms with Gasteiger partial charge in [0, 0.05) is 21.1 Å². The lowest BCUT2D eigenvalue weighted by atomic mass is 10.5. The number of hydrogen-bond donors (Lipinski definition) is 0. The average molecular weight is 354 g/mol. The van der Waals surface area contributed by atoms with Crippen LogP contribution in [0.3, 0.4) is 0 Å². The quantitative estimate of drug-likeness (QED) is 0.543. The second-order valence-electron chi connectivity index (χ2n) is 2.43. The maximum Gasteiger partial charge on any atom is 0.330 e. The summed E-state index contributed by atoms with van der Waals surface area (Å²) in [6, 6.07) is 0. The van der Waals surface area contributed by atoms with Gasteiger partial charge in [0.1, 0.15) is 13.2 Å². The third-order valence-corrected chi connectivity index (χ3v) is 3.26. The van der Waals surface area contributed by atoms with Crippen molar-refractivity contribution in [1.82, 2.24) is 0 Å². The van der Waals surface area contributed by atoms with Crippen molar-refractivity contribution in [3.05, 3.63) is 34.3 Å². The molecule has 0 aromatic heterocycles. The zero-order valence-corrected chi connectivity index (χ0v) is 11.5. The molecule has 88 valence electrons. The highest BCUT2D eigenvalue weighted by molar-refractivity contribution is 9.14. The van der Waals surface area contributed by atoms with E-state index in [4.69, 9.17) is 9.47 Å². The van der Waals surface area contributed by atoms with Crippen molar-refractivity contribution in [1.29, 1.82) is 0 Å². The topological polar surface area (TPSA) is 52.6 Å². The summed E-state index contributed by atoms with van der Waals surface area (Å²) < 4.78 is 10.6. The number of hydrogen-bond acceptors (Lipinski definition) is 4. The van der Waals surface area contributed by atoms with Crippen LogP contribution < -0.4 is 0 Å². The van der Waals surface area contributed by atoms with Crippen LogP contribution in [0.1, 0.15) is 0 Å². The first-order valence-electron chi connectivity index (χ1n) is 4.12. The Morgan fingerprint density at radius 2 is 1.25 bits per heavy atom. The number of carbonyl (C=O) groups is 2. The minimum Gasteiger partial charge on any atom is -0.457 e. The van der Waals surface area contributed by atoms with Crippen molar-refractivity contribution in [2.24, 2.45) is 0 Å². The van der Waals surface area contributed by atoms with Crippen molar-refractivity contribution >= 4 is 43.8 Å². The summed E-state index contributed by atoms with van der Waals surface area (Å²) in [5.74, 6) is -1.05. The van der Waals surface area contributed by atoms with Crippen molar-refractivity contribution in [2.75, 3.05) is 13.2 Å². The molecule has 0 amide bonds. The SMILES string of the molecule is C=CC(=O)OCC(Br)=C(Br)COC(=O)C=C. The Bertz CT molecular complexity index is 302. The zero-order valence-electron chi connectivity index (χ0n) is 8.37. The molecule has 0 saturated heterocycles. The summed E-state index contributed by atoms with van der Waals surface area (Å²) in [5, 5.41) is 0. The second kappa shape index (κ2) is 8.29. The maximum atomic E-state index is 10.8. The molecule has 0 fully saturated rings. The molecule has 0 radical (unpaired) electrons. The minimum absolute atomic E-state index is 0.0388. The molecule has 0 aliphatic carbocycles. The predicted molar refractivity (Wildman–Crippen MR) is 67.2 cm³/mol. The summed E-state index contributed by atoms with van der Waals surface area (Å²) >= 11 is 6.35. The van der Waals surface area contributed by atoms with E-state index < -0.39 is 11.9 Å². The highest BCUT2D eigenvalue weighted by Crippen LogP contribution is 2.18. The van der Waals surface area contributed by atoms with Gasteiger partial charge < -0.3 is 9.47 Å². The molecule has 0 aromatic carbocycles. The van der Waals surface area contributed by atoms with Gasteiger partial charge in [0.15, 0.2) is 0 Å². The Balaban J connectivity index is 4.14. The lowest BCUT2D eigenvalue weighted by Gasteiger charge is -2.05. The van der Waals surface area contributed by atoms with Gasteiger partial charge in [-0.1, -0.05) is 45.0 Å². The van der Waals surface area contributed by atoms with Crippen molar-refractivity contribution in [3.63, 3.8) is 0 Å². The molecule has 4 nitrogen and oxygen atoms in total. The molecule has 0 spiro atoms. The standard InChI is InChI=1S/C10H10Br2O4/c1-3-9(13)15-5-7(11)8(12)6-16-10(14)4-2/h3-4H,1-2,5-6H2. The number of carbonyl (C=O) groups excluding carboxylic acids is 2. The van der Waals surface area contributed by atoms with E-state index in [1.165, 1.54) is 0 Å². The first-order chi connectivity index (χ1) is 7.51. The van der Waals surface area contributed by atoms with Crippen LogP contribution in [0.2, 0.25) is 0 Å². The molecule has 0 unspecified atom stereocenters. The number of ether oxygens (including phenoxy) is 2. The molecule has 6 heteroatoms. The van der Waals surface area contributed by atoms with E-state index in [0.717, 1.165) is 12.2 Å². The fraction of sp³-hybridized carbons (Fsp3) is 0.200. The van der Waals surface area contributed by atoms with Crippen LogP contribution >= 0.6 is 31.9 Å². The van der Waals surface area contributed by atoms with E-state index in [1.54, 1.807) is 0 Å². The van der Waals surface area contributed by atoms with Crippen LogP contribution in [0.15, 0.2) is 34.3 Å². The second-order valence-corrected chi connectivity index (χ2v) is 4.35. The van der Waals surface area contributed by atoms with Gasteiger partial charge in [-0.15, -0.1) is 0 Å². The summed E-state index contributed by atoms with van der Waals surface area (Å²) in [7, 11) is 0. The van der Waals surface area contributed by atoms with E-state index in [1.807, 2.05) is 0 Å². The molecule has 0 aliphatic rings. The number of esters is 2. The van der Waals surface area contributed by atoms with Gasteiger partial charge in [-0.2, -0.15) is 0 Å². The van der Waals surface area contributed by atoms with Crippen LogP contribution in [-0.4, -0.2) is 25.2 Å². The van der Waals surface area contributed by atoms with Gasteiger partial charge >= 0.3 is 11.9 Å². The molecule has 0 bridgehead atoms. The van der Waals surface area contributed by atoms with Gasteiger partial charge in [-0.3, -0.25) is 0 Å². The Morgan fingerprint density at radius 1 is 0.938 bits per heavy atom. The van der Waals surface area contributed by atoms with Crippen LogP contribution in [0, 0.1) is 0 Å². The van der Waals surface area contributed by atoms with E-state index in [2.05, 4.69) is 45.0 Å². The molecular formula is C10H10Br2O4. The summed E-state index contributed by atoms with van der Waals surface area (Å²) in [4.78, 5) is 21.5. The van der Waals surface area contributed by atoms with E-state index in [9.17, 15) is 9.59 Å². The minimum atomic E-state index is -0.527. The largest absolute Gasteiger partial charge is 0.457 e. The summed E-state index contributed by atoms with van der Waals surface area (Å²) in [6.07, 6.45) is 2.12. The third-order valence-electron chi connectivity index (χ3n) is 1.31. The van der Waals surface area contributed by atoms with Gasteiger partial charge in [-0.25, -0.2) is 9.59 Å². The Kier molecular flexibility index (Phi) is 7.84. The van der Waals surface area contributed by atoms with Crippen LogP contribution in [0.25, 0.3) is 0 Å². The zero-order chi connectivity index (χ0) is 12.6. The first kappa shape index (κ1) is 15.1. The normalized spacial score (nSPS) is 11.1. The fourth-order valence-corrected chi connectivity index (χ4v) is 1.00. The molecule has 0 atom stereocenters. The highest BCUT2D eigenvalue weighted by Gasteiger charge is 2.05. The van der Waals surface area contributed by atoms with Gasteiger partial charge in [-0.05, 0) is 0 Å². The predicted octanol–water partition coefficient (Wildman–Crippen LogP) is 2.45. The number of rotatable bonds is 6. The van der Waals surface area contributed by atoms with E-state index >= 15 is 0 Å². The van der Waals surface area contributed by atoms with Crippen LogP contribution in [0.5, 0.6) is 0 Å². The molecule has 0 aromatic rings. The lowest BCUT2D eigenvalue weighted by molar-refractivity contribution is -0.137. The van der Waals surface area contributed by atoms with Crippen LogP contribution in [-0.2, 0) is 19.1 Å². The van der Waals surface area contributed by atoms with Gasteiger partial charge in [0.05, 0.1) is 0 Å². The summed E-state index contributed by atoms with van der Waals surface area (Å²) in [5.41, 5.74) is 0.